The van der Waals surface area contributed by atoms with Gasteiger partial charge in [-0.3, -0.25) is 9.59 Å². The number of ether oxygens (including phenoxy) is 1. The number of hydrogen-bond donors (Lipinski definition) is 3. The lowest BCUT2D eigenvalue weighted by molar-refractivity contribution is -0.125. The van der Waals surface area contributed by atoms with E-state index in [9.17, 15) is 14.7 Å². The van der Waals surface area contributed by atoms with Crippen LogP contribution in [0.3, 0.4) is 0 Å². The summed E-state index contributed by atoms with van der Waals surface area (Å²) in [5.41, 5.74) is 1.46. The first-order valence-corrected chi connectivity index (χ1v) is 7.34. The Morgan fingerprint density at radius 3 is 2.70 bits per heavy atom. The van der Waals surface area contributed by atoms with E-state index < -0.39 is 6.10 Å². The Morgan fingerprint density at radius 1 is 1.35 bits per heavy atom. The normalized spacial score (nSPS) is 24.2. The third kappa shape index (κ3) is 4.20. The van der Waals surface area contributed by atoms with Gasteiger partial charge in [-0.05, 0) is 30.7 Å². The molecule has 2 saturated heterocycles. The molecule has 2 aliphatic heterocycles. The van der Waals surface area contributed by atoms with Gasteiger partial charge < -0.3 is 25.4 Å². The molecule has 0 unspecified atom stereocenters. The zero-order valence-corrected chi connectivity index (χ0v) is 13.3. The van der Waals surface area contributed by atoms with Crippen LogP contribution in [0.25, 0.3) is 0 Å². The molecule has 0 spiro atoms. The van der Waals surface area contributed by atoms with Gasteiger partial charge in [-0.25, -0.2) is 0 Å². The first kappa shape index (κ1) is 17.7. The third-order valence-electron chi connectivity index (χ3n) is 3.86. The van der Waals surface area contributed by atoms with E-state index in [0.29, 0.717) is 31.8 Å². The number of benzene rings is 1. The summed E-state index contributed by atoms with van der Waals surface area (Å²) in [4.78, 5) is 25.5. The fraction of sp³-hybridized carbons (Fsp3) is 0.467. The fourth-order valence-corrected chi connectivity index (χ4v) is 2.66. The molecule has 23 heavy (non-hydrogen) atoms. The maximum Gasteiger partial charge on any atom is 0.253 e. The molecule has 2 atom stereocenters. The molecule has 7 nitrogen and oxygen atoms in total. The molecule has 1 aromatic rings. The zero-order valence-electron chi connectivity index (χ0n) is 12.5. The van der Waals surface area contributed by atoms with E-state index in [1.165, 1.54) is 0 Å². The summed E-state index contributed by atoms with van der Waals surface area (Å²) < 4.78 is 5.10. The molecule has 2 heterocycles. The van der Waals surface area contributed by atoms with Gasteiger partial charge in [0.2, 0.25) is 5.91 Å². The Bertz CT molecular complexity index is 566. The van der Waals surface area contributed by atoms with Crippen LogP contribution in [0.2, 0.25) is 0 Å². The molecular weight excluding hydrogens is 322 g/mol. The van der Waals surface area contributed by atoms with Gasteiger partial charge in [0, 0.05) is 24.5 Å². The molecule has 2 amide bonds. The average Bonchev–Trinajstić information content (AvgIpc) is 2.95. The quantitative estimate of drug-likeness (QED) is 0.727. The molecule has 2 fully saturated rings. The molecule has 2 aliphatic rings. The predicted octanol–water partition coefficient (Wildman–Crippen LogP) is 0.133. The van der Waals surface area contributed by atoms with Gasteiger partial charge in [0.25, 0.3) is 5.91 Å². The Kier molecular flexibility index (Phi) is 5.95. The predicted molar refractivity (Wildman–Crippen MR) is 87.9 cm³/mol. The first-order chi connectivity index (χ1) is 10.6. The van der Waals surface area contributed by atoms with Gasteiger partial charge in [-0.2, -0.15) is 0 Å². The highest BCUT2D eigenvalue weighted by molar-refractivity contribution is 5.97. The number of nitrogens with zero attached hydrogens (tertiary/aromatic N) is 1. The van der Waals surface area contributed by atoms with Crippen LogP contribution in [0.5, 0.6) is 0 Å². The number of nitrogens with one attached hydrogen (secondary N) is 2. The van der Waals surface area contributed by atoms with Crippen molar-refractivity contribution in [1.29, 1.82) is 0 Å². The van der Waals surface area contributed by atoms with Crippen molar-refractivity contribution in [2.45, 2.75) is 18.6 Å². The van der Waals surface area contributed by atoms with Gasteiger partial charge in [0.1, 0.15) is 6.61 Å². The minimum absolute atomic E-state index is 0. The van der Waals surface area contributed by atoms with E-state index in [1.54, 1.807) is 29.2 Å². The smallest absolute Gasteiger partial charge is 0.253 e. The third-order valence-corrected chi connectivity index (χ3v) is 3.86. The summed E-state index contributed by atoms with van der Waals surface area (Å²) in [6, 6.07) is 6.77. The van der Waals surface area contributed by atoms with E-state index >= 15 is 0 Å². The molecule has 3 rings (SSSR count). The molecule has 0 aromatic heterocycles. The van der Waals surface area contributed by atoms with E-state index in [4.69, 9.17) is 4.74 Å². The Hall–Kier alpha value is -1.67. The van der Waals surface area contributed by atoms with E-state index in [0.717, 1.165) is 5.69 Å². The molecule has 3 N–H and O–H groups in total. The van der Waals surface area contributed by atoms with Crippen molar-refractivity contribution in [3.05, 3.63) is 24.3 Å². The van der Waals surface area contributed by atoms with E-state index in [1.807, 2.05) is 0 Å². The van der Waals surface area contributed by atoms with E-state index in [-0.39, 0.29) is 36.9 Å². The lowest BCUT2D eigenvalue weighted by Gasteiger charge is -2.27. The number of morpholine rings is 1. The molecule has 8 heteroatoms. The van der Waals surface area contributed by atoms with Crippen LogP contribution in [0, 0.1) is 0 Å². The summed E-state index contributed by atoms with van der Waals surface area (Å²) in [5.74, 6) is -0.223. The number of aliphatic hydroxyl groups excluding tert-OH is 1. The van der Waals surface area contributed by atoms with Crippen LogP contribution >= 0.6 is 12.4 Å². The number of hydrogen-bond acceptors (Lipinski definition) is 5. The molecule has 1 aromatic carbocycles. The maximum absolute atomic E-state index is 12.0. The number of anilines is 2. The van der Waals surface area contributed by atoms with Gasteiger partial charge in [-0.1, -0.05) is 0 Å². The van der Waals surface area contributed by atoms with Crippen molar-refractivity contribution in [2.24, 2.45) is 0 Å². The molecule has 0 bridgehead atoms. The zero-order chi connectivity index (χ0) is 15.5. The summed E-state index contributed by atoms with van der Waals surface area (Å²) in [5, 5.41) is 15.2. The van der Waals surface area contributed by atoms with Crippen LogP contribution in [0.15, 0.2) is 24.3 Å². The molecule has 0 saturated carbocycles. The first-order valence-electron chi connectivity index (χ1n) is 7.34. The van der Waals surface area contributed by atoms with Gasteiger partial charge in [0.15, 0.2) is 0 Å². The number of β-amino-alcohol motifs (C(OH)–C–C–N with tert-alkyl or cyclic N) is 1. The lowest BCUT2D eigenvalue weighted by Crippen LogP contribution is -2.41. The monoisotopic (exact) mass is 341 g/mol. The van der Waals surface area contributed by atoms with Crippen molar-refractivity contribution >= 4 is 35.6 Å². The molecular formula is C15H20ClN3O4. The fourth-order valence-electron chi connectivity index (χ4n) is 2.66. The highest BCUT2D eigenvalue weighted by atomic mass is 35.5. The minimum Gasteiger partial charge on any atom is -0.392 e. The van der Waals surface area contributed by atoms with Crippen LogP contribution in [-0.4, -0.2) is 55.4 Å². The number of rotatable bonds is 3. The second kappa shape index (κ2) is 7.74. The average molecular weight is 342 g/mol. The number of carbonyl (C=O) groups excluding carboxylic acids is 2. The maximum atomic E-state index is 12.0. The number of amides is 2. The van der Waals surface area contributed by atoms with Crippen LogP contribution < -0.4 is 15.5 Å². The highest BCUT2D eigenvalue weighted by Gasteiger charge is 2.28. The Balaban J connectivity index is 0.00000192. The summed E-state index contributed by atoms with van der Waals surface area (Å²) in [7, 11) is 0. The van der Waals surface area contributed by atoms with Crippen molar-refractivity contribution < 1.29 is 19.4 Å². The number of halogens is 1. The van der Waals surface area contributed by atoms with Crippen molar-refractivity contribution in [1.82, 2.24) is 5.32 Å². The van der Waals surface area contributed by atoms with Crippen molar-refractivity contribution in [3.63, 3.8) is 0 Å². The van der Waals surface area contributed by atoms with Crippen LogP contribution in [0.4, 0.5) is 11.4 Å². The largest absolute Gasteiger partial charge is 0.392 e. The lowest BCUT2D eigenvalue weighted by atomic mass is 10.2. The minimum atomic E-state index is -0.467. The standard InChI is InChI=1S/C15H19N3O4.ClH/c19-12-7-13(16-8-12)15(21)17-10-1-3-11(4-2-10)18-5-6-22-9-14(18)20;/h1-4,12-13,16,19H,5-9H2,(H,17,21);1H/t12-,13-;/m1./s1. The van der Waals surface area contributed by atoms with Gasteiger partial charge in [-0.15, -0.1) is 12.4 Å². The van der Waals surface area contributed by atoms with Gasteiger partial charge in [0.05, 0.1) is 18.8 Å². The summed E-state index contributed by atoms with van der Waals surface area (Å²) in [6.07, 6.45) is -0.0444. The summed E-state index contributed by atoms with van der Waals surface area (Å²) >= 11 is 0. The van der Waals surface area contributed by atoms with Crippen molar-refractivity contribution in [3.8, 4) is 0 Å². The van der Waals surface area contributed by atoms with Crippen LogP contribution in [0.1, 0.15) is 6.42 Å². The number of carbonyl (C=O) groups is 2. The molecule has 0 radical (unpaired) electrons. The second-order valence-corrected chi connectivity index (χ2v) is 5.48. The van der Waals surface area contributed by atoms with E-state index in [2.05, 4.69) is 10.6 Å². The van der Waals surface area contributed by atoms with Gasteiger partial charge >= 0.3 is 0 Å². The topological polar surface area (TPSA) is 90.9 Å². The van der Waals surface area contributed by atoms with Crippen molar-refractivity contribution in [2.75, 3.05) is 36.5 Å². The summed E-state index contributed by atoms with van der Waals surface area (Å²) in [6.45, 7) is 1.61. The molecule has 0 aliphatic carbocycles. The second-order valence-electron chi connectivity index (χ2n) is 5.48. The Labute approximate surface area is 140 Å². The van der Waals surface area contributed by atoms with Crippen LogP contribution in [-0.2, 0) is 14.3 Å². The number of aliphatic hydroxyl groups is 1. The Morgan fingerprint density at radius 2 is 2.09 bits per heavy atom. The molecule has 126 valence electrons. The highest BCUT2D eigenvalue weighted by Crippen LogP contribution is 2.20. The SMILES string of the molecule is Cl.O=C(Nc1ccc(N2CCOCC2=O)cc1)[C@H]1C[C@@H](O)CN1.